The third kappa shape index (κ3) is 7.15. The maximum atomic E-state index is 5.45. The highest BCUT2D eigenvalue weighted by molar-refractivity contribution is 5.59. The first-order chi connectivity index (χ1) is 16.9. The van der Waals surface area contributed by atoms with E-state index in [1.165, 1.54) is 0 Å². The smallest absolute Gasteiger partial charge is 0.227 e. The number of hydrogen-bond donors (Lipinski definition) is 4. The first kappa shape index (κ1) is 24.9. The largest absolute Gasteiger partial charge is 0.369 e. The molecule has 1 saturated heterocycles. The fourth-order valence-corrected chi connectivity index (χ4v) is 3.77. The number of piperazine rings is 1. The molecule has 1 aliphatic heterocycles. The van der Waals surface area contributed by atoms with Gasteiger partial charge in [-0.1, -0.05) is 32.9 Å². The lowest BCUT2D eigenvalue weighted by Crippen LogP contribution is -2.45. The summed E-state index contributed by atoms with van der Waals surface area (Å²) in [6, 6.07) is 5.87. The van der Waals surface area contributed by atoms with Gasteiger partial charge in [0.2, 0.25) is 5.95 Å². The van der Waals surface area contributed by atoms with Crippen molar-refractivity contribution in [1.29, 1.82) is 0 Å². The minimum Gasteiger partial charge on any atom is -0.369 e. The van der Waals surface area contributed by atoms with Crippen LogP contribution < -0.4 is 16.0 Å². The van der Waals surface area contributed by atoms with Crippen molar-refractivity contribution in [2.45, 2.75) is 46.1 Å². The molecule has 3 aromatic rings. The Balaban J connectivity index is 1.43. The molecule has 1 fully saturated rings. The molecule has 1 aliphatic rings. The van der Waals surface area contributed by atoms with E-state index >= 15 is 0 Å². The zero-order chi connectivity index (χ0) is 24.8. The van der Waals surface area contributed by atoms with Gasteiger partial charge in [0.05, 0.1) is 12.2 Å². The monoisotopic (exact) mass is 482 g/mol. The maximum absolute atomic E-state index is 5.45. The summed E-state index contributed by atoms with van der Waals surface area (Å²) in [6.07, 6.45) is 0. The highest BCUT2D eigenvalue weighted by Crippen LogP contribution is 2.21. The summed E-state index contributed by atoms with van der Waals surface area (Å²) in [7, 11) is 2.17. The zero-order valence-electron chi connectivity index (χ0n) is 21.4. The van der Waals surface area contributed by atoms with Gasteiger partial charge in [0.15, 0.2) is 11.6 Å². The minimum absolute atomic E-state index is 0.317. The Morgan fingerprint density at radius 3 is 2.40 bits per heavy atom. The molecule has 11 heteroatoms. The zero-order valence-corrected chi connectivity index (χ0v) is 21.4. The lowest BCUT2D eigenvalue weighted by Gasteiger charge is -2.32. The van der Waals surface area contributed by atoms with Crippen molar-refractivity contribution in [3.05, 3.63) is 35.3 Å². The molecule has 11 nitrogen and oxygen atoms in total. The maximum Gasteiger partial charge on any atom is 0.227 e. The van der Waals surface area contributed by atoms with Crippen LogP contribution in [0.3, 0.4) is 0 Å². The van der Waals surface area contributed by atoms with Gasteiger partial charge in [-0.3, -0.25) is 10.00 Å². The van der Waals surface area contributed by atoms with E-state index in [1.807, 2.05) is 18.2 Å². The normalized spacial score (nSPS) is 15.2. The summed E-state index contributed by atoms with van der Waals surface area (Å²) in [6.45, 7) is 15.1. The van der Waals surface area contributed by atoms with E-state index in [0.717, 1.165) is 68.1 Å². The highest BCUT2D eigenvalue weighted by Gasteiger charge is 2.14. The molecule has 0 radical (unpaired) electrons. The fraction of sp³-hybridized carbons (Fsp3) is 0.583. The van der Waals surface area contributed by atoms with Crippen molar-refractivity contribution >= 4 is 23.4 Å². The van der Waals surface area contributed by atoms with Crippen molar-refractivity contribution in [2.75, 3.05) is 62.3 Å². The van der Waals surface area contributed by atoms with Crippen molar-refractivity contribution in [3.8, 4) is 0 Å². The van der Waals surface area contributed by atoms with E-state index in [9.17, 15) is 0 Å². The number of anilines is 4. The van der Waals surface area contributed by atoms with Crippen LogP contribution in [0.5, 0.6) is 0 Å². The predicted molar refractivity (Wildman–Crippen MR) is 138 cm³/mol. The molecule has 4 rings (SSSR count). The molecule has 35 heavy (non-hydrogen) atoms. The third-order valence-electron chi connectivity index (χ3n) is 6.12. The van der Waals surface area contributed by atoms with Gasteiger partial charge in [-0.2, -0.15) is 15.1 Å². The van der Waals surface area contributed by atoms with Gasteiger partial charge >= 0.3 is 0 Å². The molecule has 0 aliphatic carbocycles. The van der Waals surface area contributed by atoms with Crippen LogP contribution in [-0.4, -0.2) is 81.4 Å². The summed E-state index contributed by atoms with van der Waals surface area (Å²) in [4.78, 5) is 14.1. The molecule has 4 heterocycles. The molecule has 0 unspecified atom stereocenters. The predicted octanol–water partition coefficient (Wildman–Crippen LogP) is 3.45. The lowest BCUT2D eigenvalue weighted by atomic mass is 10.1. The Hall–Kier alpha value is -3.18. The average Bonchev–Trinajstić information content (AvgIpc) is 3.49. The van der Waals surface area contributed by atoms with E-state index in [0.29, 0.717) is 30.1 Å². The number of nitrogens with zero attached hydrogens (tertiary/aromatic N) is 6. The number of aromatic nitrogens is 5. The summed E-state index contributed by atoms with van der Waals surface area (Å²) < 4.78 is 5.45. The van der Waals surface area contributed by atoms with Crippen LogP contribution in [0.15, 0.2) is 22.7 Å². The van der Waals surface area contributed by atoms with Crippen molar-refractivity contribution in [2.24, 2.45) is 0 Å². The van der Waals surface area contributed by atoms with Gasteiger partial charge in [0.25, 0.3) is 0 Å². The minimum atomic E-state index is 0.317. The van der Waals surface area contributed by atoms with Crippen LogP contribution in [0.1, 0.15) is 56.7 Å². The lowest BCUT2D eigenvalue weighted by molar-refractivity contribution is 0.158. The molecular formula is C24H38N10O. The second-order valence-corrected chi connectivity index (χ2v) is 9.75. The first-order valence-electron chi connectivity index (χ1n) is 12.4. The second-order valence-electron chi connectivity index (χ2n) is 9.75. The van der Waals surface area contributed by atoms with Crippen LogP contribution in [0.25, 0.3) is 0 Å². The highest BCUT2D eigenvalue weighted by atomic mass is 16.5. The Bertz CT molecular complexity index is 1070. The molecule has 0 aromatic carbocycles. The molecule has 190 valence electrons. The van der Waals surface area contributed by atoms with Crippen LogP contribution >= 0.6 is 0 Å². The van der Waals surface area contributed by atoms with Crippen LogP contribution in [0.2, 0.25) is 0 Å². The number of hydrogen-bond acceptors (Lipinski definition) is 10. The average molecular weight is 483 g/mol. The quantitative estimate of drug-likeness (QED) is 0.323. The van der Waals surface area contributed by atoms with Gasteiger partial charge in [0.1, 0.15) is 11.6 Å². The SMILES string of the molecule is CC(C)c1cc(CNc2nc(NCCN3CCN(C)CC3)cc(Nc3cc(C(C)C)[nH]n3)n2)on1. The van der Waals surface area contributed by atoms with Crippen LogP contribution in [0, 0.1) is 0 Å². The van der Waals surface area contributed by atoms with E-state index in [-0.39, 0.29) is 0 Å². The van der Waals surface area contributed by atoms with Gasteiger partial charge < -0.3 is 25.4 Å². The van der Waals surface area contributed by atoms with Gasteiger partial charge in [-0.15, -0.1) is 0 Å². The summed E-state index contributed by atoms with van der Waals surface area (Å²) >= 11 is 0. The number of aromatic amines is 1. The topological polar surface area (TPSA) is 123 Å². The Labute approximate surface area is 207 Å². The van der Waals surface area contributed by atoms with Gasteiger partial charge in [-0.25, -0.2) is 0 Å². The molecule has 0 bridgehead atoms. The first-order valence-corrected chi connectivity index (χ1v) is 12.4. The van der Waals surface area contributed by atoms with Crippen molar-refractivity contribution in [3.63, 3.8) is 0 Å². The Kier molecular flexibility index (Phi) is 8.19. The summed E-state index contributed by atoms with van der Waals surface area (Å²) in [5.41, 5.74) is 2.00. The molecule has 0 spiro atoms. The Morgan fingerprint density at radius 1 is 0.943 bits per heavy atom. The number of nitrogens with one attached hydrogen (secondary N) is 4. The fourth-order valence-electron chi connectivity index (χ4n) is 3.77. The van der Waals surface area contributed by atoms with E-state index in [2.05, 4.69) is 85.8 Å². The second kappa shape index (κ2) is 11.5. The molecule has 3 aromatic heterocycles. The van der Waals surface area contributed by atoms with Crippen molar-refractivity contribution < 1.29 is 4.52 Å². The molecule has 0 atom stereocenters. The van der Waals surface area contributed by atoms with Gasteiger partial charge in [-0.05, 0) is 18.9 Å². The van der Waals surface area contributed by atoms with Gasteiger partial charge in [0, 0.05) is 63.2 Å². The number of likely N-dealkylation sites (N-methyl/N-ethyl adjacent to an activating group) is 1. The van der Waals surface area contributed by atoms with E-state index in [4.69, 9.17) is 4.52 Å². The summed E-state index contributed by atoms with van der Waals surface area (Å²) in [5.74, 6) is 4.06. The van der Waals surface area contributed by atoms with Crippen molar-refractivity contribution in [1.82, 2.24) is 35.1 Å². The van der Waals surface area contributed by atoms with Crippen LogP contribution in [-0.2, 0) is 6.54 Å². The number of H-pyrrole nitrogens is 1. The van der Waals surface area contributed by atoms with E-state index < -0.39 is 0 Å². The standard InChI is InChI=1S/C24H38N10O/c1-16(2)19-13-23(31-30-19)27-22-14-21(25-6-7-34-10-8-33(5)9-11-34)28-24(29-22)26-15-18-12-20(17(3)4)32-35-18/h12-14,16-17H,6-11,15H2,1-5H3,(H4,25,26,27,28,29,30,31). The van der Waals surface area contributed by atoms with E-state index in [1.54, 1.807) is 0 Å². The molecule has 4 N–H and O–H groups in total. The number of rotatable bonds is 11. The molecule has 0 amide bonds. The van der Waals surface area contributed by atoms with Crippen LogP contribution in [0.4, 0.5) is 23.4 Å². The molecular weight excluding hydrogens is 444 g/mol. The third-order valence-corrected chi connectivity index (χ3v) is 6.12. The summed E-state index contributed by atoms with van der Waals surface area (Å²) in [5, 5.41) is 21.6. The Morgan fingerprint density at radius 2 is 1.71 bits per heavy atom. The molecule has 0 saturated carbocycles.